The van der Waals surface area contributed by atoms with Gasteiger partial charge in [0.2, 0.25) is 5.95 Å². The Balaban J connectivity index is 1.82. The zero-order chi connectivity index (χ0) is 13.8. The number of nitrogens with zero attached hydrogens (tertiary/aromatic N) is 3. The third kappa shape index (κ3) is 3.11. The SMILES string of the molecule is Cc1cc(Nc2ncccn2)cc(C2CCCNC2)n1. The van der Waals surface area contributed by atoms with Crippen LogP contribution in [-0.4, -0.2) is 28.0 Å². The minimum atomic E-state index is 0.501. The van der Waals surface area contributed by atoms with Crippen LogP contribution in [0, 0.1) is 6.92 Å². The average Bonchev–Trinajstić information content (AvgIpc) is 2.49. The van der Waals surface area contributed by atoms with Crippen molar-refractivity contribution in [2.75, 3.05) is 18.4 Å². The molecule has 0 bridgehead atoms. The van der Waals surface area contributed by atoms with Crippen molar-refractivity contribution in [3.05, 3.63) is 42.0 Å². The van der Waals surface area contributed by atoms with Crippen molar-refractivity contribution in [3.8, 4) is 0 Å². The van der Waals surface area contributed by atoms with Crippen LogP contribution in [-0.2, 0) is 0 Å². The Hall–Kier alpha value is -2.01. The van der Waals surface area contributed by atoms with E-state index in [4.69, 9.17) is 0 Å². The van der Waals surface area contributed by atoms with Gasteiger partial charge in [-0.05, 0) is 44.5 Å². The second kappa shape index (κ2) is 5.96. The zero-order valence-electron chi connectivity index (χ0n) is 11.6. The van der Waals surface area contributed by atoms with E-state index in [2.05, 4.69) is 31.7 Å². The summed E-state index contributed by atoms with van der Waals surface area (Å²) < 4.78 is 0. The molecule has 0 radical (unpaired) electrons. The van der Waals surface area contributed by atoms with Gasteiger partial charge in [-0.15, -0.1) is 0 Å². The minimum Gasteiger partial charge on any atom is -0.324 e. The summed E-state index contributed by atoms with van der Waals surface area (Å²) in [6.45, 7) is 4.15. The summed E-state index contributed by atoms with van der Waals surface area (Å²) in [5, 5.41) is 6.68. The lowest BCUT2D eigenvalue weighted by atomic mass is 9.95. The van der Waals surface area contributed by atoms with Gasteiger partial charge in [-0.3, -0.25) is 4.98 Å². The summed E-state index contributed by atoms with van der Waals surface area (Å²) in [5.41, 5.74) is 3.17. The highest BCUT2D eigenvalue weighted by atomic mass is 15.1. The van der Waals surface area contributed by atoms with E-state index in [1.807, 2.05) is 19.1 Å². The van der Waals surface area contributed by atoms with E-state index in [1.54, 1.807) is 12.4 Å². The number of nitrogens with one attached hydrogen (secondary N) is 2. The zero-order valence-corrected chi connectivity index (χ0v) is 11.6. The predicted octanol–water partition coefficient (Wildman–Crippen LogP) is 2.39. The van der Waals surface area contributed by atoms with Crippen LogP contribution in [0.3, 0.4) is 0 Å². The van der Waals surface area contributed by atoms with Crippen LogP contribution in [0.25, 0.3) is 0 Å². The first kappa shape index (κ1) is 13.0. The third-order valence-electron chi connectivity index (χ3n) is 3.51. The average molecular weight is 269 g/mol. The van der Waals surface area contributed by atoms with Crippen LogP contribution in [0.1, 0.15) is 30.1 Å². The highest BCUT2D eigenvalue weighted by Crippen LogP contribution is 2.25. The lowest BCUT2D eigenvalue weighted by Gasteiger charge is -2.23. The number of aryl methyl sites for hydroxylation is 1. The smallest absolute Gasteiger partial charge is 0.227 e. The molecular formula is C15H19N5. The van der Waals surface area contributed by atoms with Crippen molar-refractivity contribution < 1.29 is 0 Å². The van der Waals surface area contributed by atoms with Crippen LogP contribution in [0.15, 0.2) is 30.6 Å². The largest absolute Gasteiger partial charge is 0.324 e. The second-order valence-corrected chi connectivity index (χ2v) is 5.16. The highest BCUT2D eigenvalue weighted by Gasteiger charge is 2.17. The Kier molecular flexibility index (Phi) is 3.87. The maximum absolute atomic E-state index is 4.68. The van der Waals surface area contributed by atoms with E-state index in [0.717, 1.165) is 30.2 Å². The summed E-state index contributed by atoms with van der Waals surface area (Å²) in [7, 11) is 0. The molecular weight excluding hydrogens is 250 g/mol. The summed E-state index contributed by atoms with van der Waals surface area (Å²) in [5.74, 6) is 1.12. The van der Waals surface area contributed by atoms with Gasteiger partial charge in [0.05, 0.1) is 0 Å². The van der Waals surface area contributed by atoms with Gasteiger partial charge >= 0.3 is 0 Å². The molecule has 1 saturated heterocycles. The van der Waals surface area contributed by atoms with E-state index in [-0.39, 0.29) is 0 Å². The van der Waals surface area contributed by atoms with Crippen LogP contribution in [0.4, 0.5) is 11.6 Å². The Morgan fingerprint density at radius 3 is 2.85 bits per heavy atom. The lowest BCUT2D eigenvalue weighted by Crippen LogP contribution is -2.29. The van der Waals surface area contributed by atoms with Gasteiger partial charge in [0, 0.05) is 41.9 Å². The Bertz CT molecular complexity index is 564. The first-order chi connectivity index (χ1) is 9.81. The molecule has 0 saturated carbocycles. The highest BCUT2D eigenvalue weighted by molar-refractivity contribution is 5.54. The predicted molar refractivity (Wildman–Crippen MR) is 79.1 cm³/mol. The minimum absolute atomic E-state index is 0.501. The fourth-order valence-corrected chi connectivity index (χ4v) is 2.57. The Morgan fingerprint density at radius 1 is 1.25 bits per heavy atom. The molecule has 0 amide bonds. The quantitative estimate of drug-likeness (QED) is 0.896. The number of hydrogen-bond acceptors (Lipinski definition) is 5. The maximum atomic E-state index is 4.68. The second-order valence-electron chi connectivity index (χ2n) is 5.16. The van der Waals surface area contributed by atoms with E-state index < -0.39 is 0 Å². The molecule has 20 heavy (non-hydrogen) atoms. The molecule has 1 atom stereocenters. The molecule has 0 aliphatic carbocycles. The van der Waals surface area contributed by atoms with Gasteiger partial charge in [0.15, 0.2) is 0 Å². The number of pyridine rings is 1. The summed E-state index contributed by atoms with van der Waals surface area (Å²) in [4.78, 5) is 13.1. The molecule has 0 spiro atoms. The molecule has 2 N–H and O–H groups in total. The number of hydrogen-bond donors (Lipinski definition) is 2. The van der Waals surface area contributed by atoms with Crippen molar-refractivity contribution in [1.29, 1.82) is 0 Å². The molecule has 0 aromatic carbocycles. The molecule has 1 aliphatic rings. The maximum Gasteiger partial charge on any atom is 0.227 e. The summed E-state index contributed by atoms with van der Waals surface area (Å²) in [6.07, 6.45) is 5.88. The molecule has 5 heteroatoms. The summed E-state index contributed by atoms with van der Waals surface area (Å²) in [6, 6.07) is 5.94. The fourth-order valence-electron chi connectivity index (χ4n) is 2.57. The van der Waals surface area contributed by atoms with Crippen molar-refractivity contribution in [2.45, 2.75) is 25.7 Å². The summed E-state index contributed by atoms with van der Waals surface area (Å²) >= 11 is 0. The van der Waals surface area contributed by atoms with Crippen molar-refractivity contribution in [3.63, 3.8) is 0 Å². The van der Waals surface area contributed by atoms with Crippen LogP contribution in [0.2, 0.25) is 0 Å². The molecule has 104 valence electrons. The molecule has 2 aromatic heterocycles. The molecule has 5 nitrogen and oxygen atoms in total. The van der Waals surface area contributed by atoms with Gasteiger partial charge < -0.3 is 10.6 Å². The monoisotopic (exact) mass is 269 g/mol. The number of piperidine rings is 1. The normalized spacial score (nSPS) is 18.8. The Labute approximate surface area is 118 Å². The van der Waals surface area contributed by atoms with Crippen LogP contribution in [0.5, 0.6) is 0 Å². The van der Waals surface area contributed by atoms with E-state index in [9.17, 15) is 0 Å². The van der Waals surface area contributed by atoms with Crippen molar-refractivity contribution >= 4 is 11.6 Å². The molecule has 2 aromatic rings. The standard InChI is InChI=1S/C15H19N5/c1-11-8-13(20-15-17-6-3-7-18-15)9-14(19-11)12-4-2-5-16-10-12/h3,6-9,12,16H,2,4-5,10H2,1H3,(H,17,18,19,20). The van der Waals surface area contributed by atoms with E-state index in [1.165, 1.54) is 12.8 Å². The fraction of sp³-hybridized carbons (Fsp3) is 0.400. The Morgan fingerprint density at radius 2 is 2.10 bits per heavy atom. The third-order valence-corrected chi connectivity index (χ3v) is 3.51. The van der Waals surface area contributed by atoms with Gasteiger partial charge in [0.25, 0.3) is 0 Å². The van der Waals surface area contributed by atoms with Crippen molar-refractivity contribution in [2.24, 2.45) is 0 Å². The molecule has 1 fully saturated rings. The number of rotatable bonds is 3. The molecule has 1 aliphatic heterocycles. The van der Waals surface area contributed by atoms with Gasteiger partial charge in [-0.2, -0.15) is 0 Å². The molecule has 3 rings (SSSR count). The molecule has 1 unspecified atom stereocenters. The van der Waals surface area contributed by atoms with Crippen LogP contribution >= 0.6 is 0 Å². The van der Waals surface area contributed by atoms with Crippen LogP contribution < -0.4 is 10.6 Å². The number of anilines is 2. The first-order valence-corrected chi connectivity index (χ1v) is 7.04. The van der Waals surface area contributed by atoms with E-state index in [0.29, 0.717) is 11.9 Å². The topological polar surface area (TPSA) is 62.7 Å². The number of aromatic nitrogens is 3. The first-order valence-electron chi connectivity index (χ1n) is 7.04. The van der Waals surface area contributed by atoms with Gasteiger partial charge in [0.1, 0.15) is 0 Å². The van der Waals surface area contributed by atoms with Gasteiger partial charge in [-0.1, -0.05) is 0 Å². The lowest BCUT2D eigenvalue weighted by molar-refractivity contribution is 0.454. The molecule has 3 heterocycles. The van der Waals surface area contributed by atoms with Crippen molar-refractivity contribution in [1.82, 2.24) is 20.3 Å². The van der Waals surface area contributed by atoms with Gasteiger partial charge in [-0.25, -0.2) is 9.97 Å². The van der Waals surface area contributed by atoms with E-state index >= 15 is 0 Å².